The third kappa shape index (κ3) is 3.53. The van der Waals surface area contributed by atoms with Gasteiger partial charge in [-0.2, -0.15) is 0 Å². The molecule has 2 aliphatic carbocycles. The zero-order valence-electron chi connectivity index (χ0n) is 15.1. The van der Waals surface area contributed by atoms with E-state index in [1.165, 1.54) is 38.5 Å². The Morgan fingerprint density at radius 3 is 1.35 bits per heavy atom. The molecule has 23 heavy (non-hydrogen) atoms. The van der Waals surface area contributed by atoms with Crippen LogP contribution in [0.3, 0.4) is 0 Å². The summed E-state index contributed by atoms with van der Waals surface area (Å²) in [5.74, 6) is 0. The molecule has 0 saturated carbocycles. The summed E-state index contributed by atoms with van der Waals surface area (Å²) in [5.41, 5.74) is 7.01. The van der Waals surface area contributed by atoms with Crippen LogP contribution in [0.1, 0.15) is 66.2 Å². The first-order chi connectivity index (χ1) is 10.2. The second-order valence-electron chi connectivity index (χ2n) is 6.78. The number of hydrogen-bond acceptors (Lipinski definition) is 0. The van der Waals surface area contributed by atoms with E-state index < -0.39 is 20.0 Å². The van der Waals surface area contributed by atoms with E-state index in [1.54, 1.807) is 19.5 Å². The molecule has 0 radical (unpaired) electrons. The van der Waals surface area contributed by atoms with Gasteiger partial charge in [0, 0.05) is 0 Å². The zero-order chi connectivity index (χ0) is 15.0. The SMILES string of the molecule is CCC1=CC[C]([Hf+2]2([C]3=C(CC)C(CC)=CC3)[CH2][CH2]2)=C1CC.[Cl-].[Cl-]. The van der Waals surface area contributed by atoms with Crippen molar-refractivity contribution in [1.29, 1.82) is 0 Å². The molecule has 0 atom stereocenters. The Morgan fingerprint density at radius 1 is 0.696 bits per heavy atom. The molecule has 0 N–H and O–H groups in total. The second kappa shape index (κ2) is 8.68. The zero-order valence-corrected chi connectivity index (χ0v) is 20.2. The molecule has 3 aliphatic rings. The van der Waals surface area contributed by atoms with Crippen molar-refractivity contribution in [1.82, 2.24) is 0 Å². The van der Waals surface area contributed by atoms with Crippen molar-refractivity contribution >= 4 is 0 Å². The maximum absolute atomic E-state index is 2.57. The fraction of sp³-hybridized carbons (Fsp3) is 0.600. The second-order valence-corrected chi connectivity index (χ2v) is 22.5. The summed E-state index contributed by atoms with van der Waals surface area (Å²) < 4.78 is 7.29. The van der Waals surface area contributed by atoms with E-state index in [2.05, 4.69) is 39.8 Å². The molecule has 0 aromatic rings. The van der Waals surface area contributed by atoms with Crippen molar-refractivity contribution in [2.75, 3.05) is 0 Å². The predicted octanol–water partition coefficient (Wildman–Crippen LogP) is 0.807. The van der Waals surface area contributed by atoms with Crippen molar-refractivity contribution in [3.8, 4) is 0 Å². The summed E-state index contributed by atoms with van der Waals surface area (Å²) in [4.78, 5) is 0. The van der Waals surface area contributed by atoms with E-state index in [9.17, 15) is 0 Å². The molecule has 1 fully saturated rings. The molecule has 1 saturated heterocycles. The standard InChI is InChI=1S/2C9H13.C2H4.2ClH.Hf/c2*1-3-8-6-5-7-9(8)4-2;1-2;;;/h2*6H,3-5H2,1-2H3;1-2H2;2*1H;/q;;;;;+2/p-2. The molecule has 0 unspecified atom stereocenters. The summed E-state index contributed by atoms with van der Waals surface area (Å²) >= 11 is -2.23. The Bertz CT molecular complexity index is 526. The van der Waals surface area contributed by atoms with E-state index >= 15 is 0 Å². The van der Waals surface area contributed by atoms with Crippen molar-refractivity contribution < 1.29 is 44.8 Å². The quantitative estimate of drug-likeness (QED) is 0.456. The van der Waals surface area contributed by atoms with Crippen LogP contribution < -0.4 is 24.8 Å². The molecule has 1 aliphatic heterocycles. The fourth-order valence-corrected chi connectivity index (χ4v) is 28.8. The van der Waals surface area contributed by atoms with Gasteiger partial charge in [-0.25, -0.2) is 0 Å². The third-order valence-electron chi connectivity index (χ3n) is 5.98. The Kier molecular flexibility index (Phi) is 8.09. The van der Waals surface area contributed by atoms with Gasteiger partial charge >= 0.3 is 136 Å². The molecule has 1 heterocycles. The van der Waals surface area contributed by atoms with Gasteiger partial charge in [0.05, 0.1) is 0 Å². The summed E-state index contributed by atoms with van der Waals surface area (Å²) in [6, 6.07) is 0. The van der Waals surface area contributed by atoms with Crippen molar-refractivity contribution in [3.05, 3.63) is 41.1 Å². The molecule has 128 valence electrons. The third-order valence-corrected chi connectivity index (χ3v) is 23.3. The van der Waals surface area contributed by atoms with Crippen LogP contribution in [0.25, 0.3) is 0 Å². The van der Waals surface area contributed by atoms with Gasteiger partial charge in [-0.05, 0) is 0 Å². The van der Waals surface area contributed by atoms with Crippen LogP contribution in [0.4, 0.5) is 0 Å². The van der Waals surface area contributed by atoms with E-state index in [-0.39, 0.29) is 24.8 Å². The van der Waals surface area contributed by atoms with Gasteiger partial charge in [0.1, 0.15) is 0 Å². The molecular weight excluding hydrogens is 490 g/mol. The van der Waals surface area contributed by atoms with Crippen molar-refractivity contribution in [3.63, 3.8) is 0 Å². The summed E-state index contributed by atoms with van der Waals surface area (Å²) in [6.07, 6.45) is 12.8. The summed E-state index contributed by atoms with van der Waals surface area (Å²) in [6.45, 7) is 9.44. The van der Waals surface area contributed by atoms with E-state index in [4.69, 9.17) is 0 Å². The fourth-order valence-electron chi connectivity index (χ4n) is 4.81. The van der Waals surface area contributed by atoms with Gasteiger partial charge < -0.3 is 24.8 Å². The minimum Gasteiger partial charge on any atom is -1.00 e. The average Bonchev–Trinajstić information content (AvgIpc) is 3.03. The number of rotatable bonds is 6. The van der Waals surface area contributed by atoms with E-state index in [0.717, 1.165) is 0 Å². The minimum absolute atomic E-state index is 0. The van der Waals surface area contributed by atoms with Crippen LogP contribution >= 0.6 is 0 Å². The van der Waals surface area contributed by atoms with E-state index in [0.29, 0.717) is 0 Å². The normalized spacial score (nSPS) is 20.3. The van der Waals surface area contributed by atoms with Crippen molar-refractivity contribution in [2.45, 2.75) is 74.6 Å². The Hall–Kier alpha value is 0.410. The minimum atomic E-state index is -2.23. The molecule has 0 aromatic heterocycles. The van der Waals surface area contributed by atoms with E-state index in [1.807, 2.05) is 17.8 Å². The molecule has 0 amide bonds. The maximum Gasteiger partial charge on any atom is -1.00 e. The number of hydrogen-bond donors (Lipinski definition) is 0. The molecule has 3 heteroatoms. The van der Waals surface area contributed by atoms with Crippen LogP contribution in [0.5, 0.6) is 0 Å². The van der Waals surface area contributed by atoms with Gasteiger partial charge in [-0.3, -0.25) is 0 Å². The van der Waals surface area contributed by atoms with Gasteiger partial charge in [0.25, 0.3) is 0 Å². The molecule has 0 spiro atoms. The van der Waals surface area contributed by atoms with Gasteiger partial charge in [-0.1, -0.05) is 0 Å². The number of halogens is 2. The van der Waals surface area contributed by atoms with Gasteiger partial charge in [0.2, 0.25) is 0 Å². The predicted molar refractivity (Wildman–Crippen MR) is 90.2 cm³/mol. The molecule has 0 bridgehead atoms. The smallest absolute Gasteiger partial charge is 1.00 e. The average molecular weight is 520 g/mol. The van der Waals surface area contributed by atoms with Crippen LogP contribution in [0.15, 0.2) is 41.1 Å². The Labute approximate surface area is 159 Å². The van der Waals surface area contributed by atoms with Crippen molar-refractivity contribution in [2.24, 2.45) is 0 Å². The van der Waals surface area contributed by atoms with Gasteiger partial charge in [0.15, 0.2) is 0 Å². The topological polar surface area (TPSA) is 0 Å². The first kappa shape index (κ1) is 21.5. The Balaban J connectivity index is 0.00000132. The van der Waals surface area contributed by atoms with Crippen LogP contribution in [-0.4, -0.2) is 0 Å². The molecule has 3 rings (SSSR count). The first-order valence-corrected chi connectivity index (χ1v) is 17.7. The molecular formula is C20H30Cl2Hf. The largest absolute Gasteiger partial charge is 1.00 e. The van der Waals surface area contributed by atoms with Crippen LogP contribution in [-0.2, 0) is 20.0 Å². The maximum atomic E-state index is 2.57. The molecule has 0 nitrogen and oxygen atoms in total. The monoisotopic (exact) mass is 520 g/mol. The number of allylic oxidation sites excluding steroid dienone is 8. The molecule has 0 aromatic carbocycles. The first-order valence-electron chi connectivity index (χ1n) is 9.05. The summed E-state index contributed by atoms with van der Waals surface area (Å²) in [5, 5.41) is 0. The van der Waals surface area contributed by atoms with Gasteiger partial charge in [-0.15, -0.1) is 0 Å². The Morgan fingerprint density at radius 2 is 1.09 bits per heavy atom. The van der Waals surface area contributed by atoms with Crippen LogP contribution in [0, 0.1) is 0 Å². The van der Waals surface area contributed by atoms with Crippen LogP contribution in [0.2, 0.25) is 8.35 Å². The summed E-state index contributed by atoms with van der Waals surface area (Å²) in [7, 11) is 0.